The number of amidine groups is 1. The maximum absolute atomic E-state index is 8.52. The van der Waals surface area contributed by atoms with Crippen molar-refractivity contribution in [1.82, 2.24) is 4.90 Å². The van der Waals surface area contributed by atoms with Crippen LogP contribution in [0, 0.1) is 0 Å². The fourth-order valence-electron chi connectivity index (χ4n) is 2.28. The molecule has 4 nitrogen and oxygen atoms in total. The van der Waals surface area contributed by atoms with Crippen LogP contribution in [0.4, 0.5) is 0 Å². The van der Waals surface area contributed by atoms with Crippen LogP contribution < -0.4 is 5.73 Å². The molecule has 1 aliphatic rings. The minimum atomic E-state index is 0.308. The van der Waals surface area contributed by atoms with E-state index in [0.29, 0.717) is 12.3 Å². The van der Waals surface area contributed by atoms with E-state index in [1.54, 1.807) is 0 Å². The first-order chi connectivity index (χ1) is 8.29. The van der Waals surface area contributed by atoms with Crippen LogP contribution in [0.3, 0.4) is 0 Å². The first-order valence-electron chi connectivity index (χ1n) is 6.05. The lowest BCUT2D eigenvalue weighted by molar-refractivity contribution is 0.273. The van der Waals surface area contributed by atoms with Crippen LogP contribution in [0.15, 0.2) is 29.4 Å². The van der Waals surface area contributed by atoms with Crippen molar-refractivity contribution >= 4 is 5.84 Å². The molecule has 0 aliphatic carbocycles. The maximum Gasteiger partial charge on any atom is 0.140 e. The first-order valence-corrected chi connectivity index (χ1v) is 6.05. The van der Waals surface area contributed by atoms with E-state index < -0.39 is 0 Å². The molecule has 1 aromatic rings. The highest BCUT2D eigenvalue weighted by Gasteiger charge is 2.13. The molecule has 1 aliphatic heterocycles. The molecule has 4 heteroatoms. The molecule has 0 fully saturated rings. The smallest absolute Gasteiger partial charge is 0.140 e. The third-order valence-electron chi connectivity index (χ3n) is 3.25. The number of benzene rings is 1. The zero-order valence-electron chi connectivity index (χ0n) is 9.97. The van der Waals surface area contributed by atoms with Crippen LogP contribution >= 0.6 is 0 Å². The third-order valence-corrected chi connectivity index (χ3v) is 3.25. The molecule has 2 rings (SSSR count). The summed E-state index contributed by atoms with van der Waals surface area (Å²) >= 11 is 0. The van der Waals surface area contributed by atoms with Gasteiger partial charge in [0.2, 0.25) is 0 Å². The monoisotopic (exact) mass is 233 g/mol. The van der Waals surface area contributed by atoms with Gasteiger partial charge in [-0.3, -0.25) is 4.90 Å². The van der Waals surface area contributed by atoms with Gasteiger partial charge in [-0.05, 0) is 30.5 Å². The van der Waals surface area contributed by atoms with Crippen LogP contribution in [0.5, 0.6) is 0 Å². The fraction of sp³-hybridized carbons (Fsp3) is 0.462. The van der Waals surface area contributed by atoms with Crippen molar-refractivity contribution in [3.63, 3.8) is 0 Å². The second-order valence-electron chi connectivity index (χ2n) is 4.49. The van der Waals surface area contributed by atoms with Gasteiger partial charge in [0.25, 0.3) is 0 Å². The van der Waals surface area contributed by atoms with Gasteiger partial charge in [0.05, 0.1) is 0 Å². The van der Waals surface area contributed by atoms with Crippen molar-refractivity contribution in [2.24, 2.45) is 10.9 Å². The normalized spacial score (nSPS) is 17.5. The molecule has 0 saturated heterocycles. The standard InChI is InChI=1S/C13H19N3O/c14-13(15-17)7-9-16-8-3-6-11-4-1-2-5-12(11)10-16/h1-2,4-5,17H,3,6-10H2,(H2,14,15). The van der Waals surface area contributed by atoms with Crippen molar-refractivity contribution in [1.29, 1.82) is 0 Å². The number of nitrogens with two attached hydrogens (primary N) is 1. The van der Waals surface area contributed by atoms with Crippen LogP contribution in [0.1, 0.15) is 24.0 Å². The van der Waals surface area contributed by atoms with E-state index in [0.717, 1.165) is 26.1 Å². The average molecular weight is 233 g/mol. The number of fused-ring (bicyclic) bond motifs is 1. The van der Waals surface area contributed by atoms with Gasteiger partial charge >= 0.3 is 0 Å². The number of aryl methyl sites for hydroxylation is 1. The predicted molar refractivity (Wildman–Crippen MR) is 68.1 cm³/mol. The van der Waals surface area contributed by atoms with Crippen molar-refractivity contribution in [2.45, 2.75) is 25.8 Å². The highest BCUT2D eigenvalue weighted by Crippen LogP contribution is 2.18. The molecule has 0 unspecified atom stereocenters. The molecule has 17 heavy (non-hydrogen) atoms. The number of hydrogen-bond acceptors (Lipinski definition) is 3. The lowest BCUT2D eigenvalue weighted by Crippen LogP contribution is -2.28. The summed E-state index contributed by atoms with van der Waals surface area (Å²) in [5, 5.41) is 11.5. The summed E-state index contributed by atoms with van der Waals surface area (Å²) in [7, 11) is 0. The molecule has 92 valence electrons. The van der Waals surface area contributed by atoms with E-state index >= 15 is 0 Å². The van der Waals surface area contributed by atoms with E-state index in [-0.39, 0.29) is 0 Å². The second kappa shape index (κ2) is 5.68. The highest BCUT2D eigenvalue weighted by atomic mass is 16.4. The molecule has 0 spiro atoms. The fourth-order valence-corrected chi connectivity index (χ4v) is 2.28. The Bertz CT molecular complexity index is 403. The lowest BCUT2D eigenvalue weighted by atomic mass is 10.0. The van der Waals surface area contributed by atoms with Gasteiger partial charge < -0.3 is 10.9 Å². The highest BCUT2D eigenvalue weighted by molar-refractivity contribution is 5.79. The summed E-state index contributed by atoms with van der Waals surface area (Å²) in [6, 6.07) is 8.59. The molecule has 3 N–H and O–H groups in total. The van der Waals surface area contributed by atoms with Gasteiger partial charge in [0.15, 0.2) is 0 Å². The molecule has 0 amide bonds. The molecule has 1 heterocycles. The van der Waals surface area contributed by atoms with Gasteiger partial charge in [-0.15, -0.1) is 0 Å². The summed E-state index contributed by atoms with van der Waals surface area (Å²) in [4.78, 5) is 2.36. The van der Waals surface area contributed by atoms with Gasteiger partial charge in [-0.25, -0.2) is 0 Å². The van der Waals surface area contributed by atoms with Crippen molar-refractivity contribution in [3.05, 3.63) is 35.4 Å². The number of nitrogens with zero attached hydrogens (tertiary/aromatic N) is 2. The Morgan fingerprint density at radius 1 is 1.35 bits per heavy atom. The van der Waals surface area contributed by atoms with E-state index in [2.05, 4.69) is 34.3 Å². The van der Waals surface area contributed by atoms with Crippen LogP contribution in [0.25, 0.3) is 0 Å². The molecule has 0 bridgehead atoms. The Labute approximate surface area is 102 Å². The lowest BCUT2D eigenvalue weighted by Gasteiger charge is -2.19. The minimum absolute atomic E-state index is 0.308. The van der Waals surface area contributed by atoms with Crippen LogP contribution in [-0.2, 0) is 13.0 Å². The molecule has 0 atom stereocenters. The second-order valence-corrected chi connectivity index (χ2v) is 4.49. The van der Waals surface area contributed by atoms with E-state index in [1.165, 1.54) is 17.5 Å². The Kier molecular flexibility index (Phi) is 3.98. The van der Waals surface area contributed by atoms with E-state index in [1.807, 2.05) is 0 Å². The zero-order valence-corrected chi connectivity index (χ0v) is 9.97. The molecule has 0 aromatic heterocycles. The van der Waals surface area contributed by atoms with Gasteiger partial charge in [0.1, 0.15) is 5.84 Å². The maximum atomic E-state index is 8.52. The zero-order chi connectivity index (χ0) is 12.1. The van der Waals surface area contributed by atoms with Gasteiger partial charge in [-0.1, -0.05) is 29.4 Å². The number of hydrogen-bond donors (Lipinski definition) is 2. The Hall–Kier alpha value is -1.55. The van der Waals surface area contributed by atoms with Gasteiger partial charge in [0, 0.05) is 19.5 Å². The summed E-state index contributed by atoms with van der Waals surface area (Å²) in [5.74, 6) is 0.308. The van der Waals surface area contributed by atoms with E-state index in [9.17, 15) is 0 Å². The van der Waals surface area contributed by atoms with Crippen molar-refractivity contribution < 1.29 is 5.21 Å². The quantitative estimate of drug-likeness (QED) is 0.360. The number of oxime groups is 1. The summed E-state index contributed by atoms with van der Waals surface area (Å²) < 4.78 is 0. The summed E-state index contributed by atoms with van der Waals surface area (Å²) in [5.41, 5.74) is 8.36. The molecular formula is C13H19N3O. The van der Waals surface area contributed by atoms with Crippen molar-refractivity contribution in [2.75, 3.05) is 13.1 Å². The average Bonchev–Trinajstić information content (AvgIpc) is 2.57. The van der Waals surface area contributed by atoms with Crippen LogP contribution in [-0.4, -0.2) is 29.0 Å². The first kappa shape index (κ1) is 11.9. The molecule has 0 radical (unpaired) electrons. The molecular weight excluding hydrogens is 214 g/mol. The van der Waals surface area contributed by atoms with Crippen molar-refractivity contribution in [3.8, 4) is 0 Å². The largest absolute Gasteiger partial charge is 0.409 e. The third kappa shape index (κ3) is 3.20. The minimum Gasteiger partial charge on any atom is -0.409 e. The topological polar surface area (TPSA) is 61.8 Å². The molecule has 1 aromatic carbocycles. The Morgan fingerprint density at radius 2 is 2.12 bits per heavy atom. The SMILES string of the molecule is NC(CCN1CCCc2ccccc2C1)=NO. The Balaban J connectivity index is 1.98. The summed E-state index contributed by atoms with van der Waals surface area (Å²) in [6.07, 6.45) is 2.95. The van der Waals surface area contributed by atoms with Crippen LogP contribution in [0.2, 0.25) is 0 Å². The summed E-state index contributed by atoms with van der Waals surface area (Å²) in [6.45, 7) is 2.90. The Morgan fingerprint density at radius 3 is 2.88 bits per heavy atom. The molecule has 0 saturated carbocycles. The van der Waals surface area contributed by atoms with Gasteiger partial charge in [-0.2, -0.15) is 0 Å². The predicted octanol–water partition coefficient (Wildman–Crippen LogP) is 1.57. The van der Waals surface area contributed by atoms with E-state index in [4.69, 9.17) is 10.9 Å². The number of rotatable bonds is 3.